The predicted octanol–water partition coefficient (Wildman–Crippen LogP) is 8.68. The van der Waals surface area contributed by atoms with Crippen LogP contribution in [-0.4, -0.2) is 121 Å². The van der Waals surface area contributed by atoms with Gasteiger partial charge in [0, 0.05) is 58.3 Å². The Hall–Kier alpha value is -4.17. The van der Waals surface area contributed by atoms with Crippen LogP contribution in [0.5, 0.6) is 5.75 Å². The summed E-state index contributed by atoms with van der Waals surface area (Å²) in [6, 6.07) is 16.8. The number of rotatable bonds is 27. The third-order valence-electron chi connectivity index (χ3n) is 13.6. The van der Waals surface area contributed by atoms with Crippen LogP contribution in [0.15, 0.2) is 66.2 Å². The molecule has 0 bridgehead atoms. The Labute approximate surface area is 400 Å². The number of aromatic nitrogens is 1. The van der Waals surface area contributed by atoms with Crippen molar-refractivity contribution in [2.45, 2.75) is 150 Å². The van der Waals surface area contributed by atoms with Gasteiger partial charge in [0.25, 0.3) is 0 Å². The van der Waals surface area contributed by atoms with Gasteiger partial charge in [-0.3, -0.25) is 24.1 Å². The molecule has 0 unspecified atom stereocenters. The number of likely N-dealkylation sites (tertiary alicyclic amines) is 1. The summed E-state index contributed by atoms with van der Waals surface area (Å²) >= 11 is 1.51. The van der Waals surface area contributed by atoms with Gasteiger partial charge in [0.1, 0.15) is 10.8 Å². The number of methoxy groups -OCH3 is 2. The van der Waals surface area contributed by atoms with Gasteiger partial charge in [0.15, 0.2) is 5.78 Å². The molecule has 1 N–H and O–H groups in total. The molecule has 66 heavy (non-hydrogen) atoms. The number of nitrogens with one attached hydrogen (secondary N) is 1. The monoisotopic (exact) mass is 932 g/mol. The molecule has 13 heteroatoms. The van der Waals surface area contributed by atoms with Crippen molar-refractivity contribution in [3.05, 3.63) is 82.3 Å². The fourth-order valence-corrected chi connectivity index (χ4v) is 10.5. The number of carbonyl (C=O) groups is 4. The first-order chi connectivity index (χ1) is 31.4. The van der Waals surface area contributed by atoms with E-state index in [-0.39, 0.29) is 78.3 Å². The van der Waals surface area contributed by atoms with Gasteiger partial charge in [-0.2, -0.15) is 0 Å². The Morgan fingerprint density at radius 1 is 0.879 bits per heavy atom. The van der Waals surface area contributed by atoms with Gasteiger partial charge in [0.2, 0.25) is 17.7 Å². The second-order valence-corrected chi connectivity index (χ2v) is 20.4. The van der Waals surface area contributed by atoms with Crippen LogP contribution in [0.3, 0.4) is 0 Å². The number of thiazole rings is 1. The maximum atomic E-state index is 14.7. The maximum Gasteiger partial charge on any atom is 0.226 e. The van der Waals surface area contributed by atoms with E-state index in [1.54, 1.807) is 32.4 Å². The van der Waals surface area contributed by atoms with Gasteiger partial charge in [-0.1, -0.05) is 97.4 Å². The Morgan fingerprint density at radius 2 is 1.56 bits per heavy atom. The molecule has 2 heterocycles. The number of ketones is 1. The summed E-state index contributed by atoms with van der Waals surface area (Å²) in [6.07, 6.45) is 4.49. The Kier molecular flexibility index (Phi) is 21.8. The Bertz CT molecular complexity index is 1930. The molecule has 0 spiro atoms. The maximum absolute atomic E-state index is 14.7. The van der Waals surface area contributed by atoms with Crippen molar-refractivity contribution < 1.29 is 33.4 Å². The first kappa shape index (κ1) is 54.4. The van der Waals surface area contributed by atoms with E-state index in [0.29, 0.717) is 25.9 Å². The number of amides is 3. The summed E-state index contributed by atoms with van der Waals surface area (Å²) in [4.78, 5) is 67.8. The minimum Gasteiger partial charge on any atom is -0.491 e. The summed E-state index contributed by atoms with van der Waals surface area (Å²) in [5.74, 6) is -0.653. The first-order valence-electron chi connectivity index (χ1n) is 24.3. The summed E-state index contributed by atoms with van der Waals surface area (Å²) in [7, 11) is 7.01. The molecule has 3 aromatic rings. The standard InChI is InChI=1S/C53H81N5O7S/c1-14-37(8)49(57(11)53(62)42(34(2)3)32-45(59)48(35(4)5)56(10)29-26-39-22-24-41(25-23-39)65-36(6)7)46(63-12)33-47(60)58-28-18-21-44(58)50(64-13)38(9)51(61)55-43(52-54-27-30-66-52)31-40-19-16-15-17-20-40/h15-17,19-20,22-25,27,30,34-38,42-44,46,48-50H,14,18,21,26,28-29,31-33H2,1-13H3,(H,55,61)/t37-,38+,42-,43-,44-,46+,48-,49-,50+/m0/s1. The van der Waals surface area contributed by atoms with Crippen molar-refractivity contribution in [3.8, 4) is 5.75 Å². The third-order valence-corrected chi connectivity index (χ3v) is 14.5. The highest BCUT2D eigenvalue weighted by Crippen LogP contribution is 2.32. The van der Waals surface area contributed by atoms with Crippen molar-refractivity contribution in [2.75, 3.05) is 41.4 Å². The van der Waals surface area contributed by atoms with E-state index >= 15 is 0 Å². The SMILES string of the molecule is CC[C@H](C)[C@@H]([C@@H](CC(=O)N1CCC[C@H]1[C@H](OC)[C@@H](C)C(=O)N[C@@H](Cc1ccccc1)c1nccs1)OC)N(C)C(=O)[C@@H](CC(=O)[C@H](C(C)C)N(C)CCc1ccc(OC(C)C)cc1)C(C)C. The zero-order valence-electron chi connectivity index (χ0n) is 42.2. The number of carbonyl (C=O) groups excluding carboxylic acids is 4. The molecule has 0 radical (unpaired) electrons. The number of hydrogen-bond donors (Lipinski definition) is 1. The molecular weight excluding hydrogens is 851 g/mol. The number of nitrogens with zero attached hydrogens (tertiary/aromatic N) is 4. The molecule has 4 rings (SSSR count). The Morgan fingerprint density at radius 3 is 2.12 bits per heavy atom. The molecule has 0 aliphatic carbocycles. The lowest BCUT2D eigenvalue weighted by atomic mass is 9.83. The van der Waals surface area contributed by atoms with Crippen LogP contribution in [0.1, 0.15) is 117 Å². The van der Waals surface area contributed by atoms with Crippen molar-refractivity contribution >= 4 is 34.8 Å². The molecule has 366 valence electrons. The van der Waals surface area contributed by atoms with E-state index in [0.717, 1.165) is 35.6 Å². The molecule has 1 fully saturated rings. The van der Waals surface area contributed by atoms with Crippen LogP contribution in [0.25, 0.3) is 0 Å². The molecule has 9 atom stereocenters. The minimum atomic E-state index is -0.606. The zero-order valence-corrected chi connectivity index (χ0v) is 43.0. The minimum absolute atomic E-state index is 0.00718. The van der Waals surface area contributed by atoms with Gasteiger partial charge in [-0.25, -0.2) is 4.98 Å². The van der Waals surface area contributed by atoms with Crippen LogP contribution < -0.4 is 10.1 Å². The highest BCUT2D eigenvalue weighted by atomic mass is 32.1. The Balaban J connectivity index is 1.45. The number of likely N-dealkylation sites (N-methyl/N-ethyl adjacent to an activating group) is 2. The van der Waals surface area contributed by atoms with Crippen LogP contribution >= 0.6 is 11.3 Å². The highest BCUT2D eigenvalue weighted by molar-refractivity contribution is 7.09. The zero-order chi connectivity index (χ0) is 48.7. The molecule has 1 aliphatic rings. The lowest BCUT2D eigenvalue weighted by Gasteiger charge is -2.41. The predicted molar refractivity (Wildman–Crippen MR) is 264 cm³/mol. The molecule has 1 saturated heterocycles. The van der Waals surface area contributed by atoms with Crippen molar-refractivity contribution in [3.63, 3.8) is 0 Å². The molecule has 12 nitrogen and oxygen atoms in total. The fraction of sp³-hybridized carbons (Fsp3) is 0.642. The van der Waals surface area contributed by atoms with Crippen molar-refractivity contribution in [1.82, 2.24) is 25.0 Å². The fourth-order valence-electron chi connectivity index (χ4n) is 9.85. The van der Waals surface area contributed by atoms with Gasteiger partial charge >= 0.3 is 0 Å². The van der Waals surface area contributed by atoms with Crippen molar-refractivity contribution in [2.24, 2.45) is 29.6 Å². The average molecular weight is 932 g/mol. The highest BCUT2D eigenvalue weighted by Gasteiger charge is 2.43. The number of ether oxygens (including phenoxy) is 3. The van der Waals surface area contributed by atoms with E-state index in [1.165, 1.54) is 16.9 Å². The first-order valence-corrected chi connectivity index (χ1v) is 25.1. The summed E-state index contributed by atoms with van der Waals surface area (Å²) in [5, 5.41) is 5.99. The molecule has 0 saturated carbocycles. The lowest BCUT2D eigenvalue weighted by Crippen LogP contribution is -2.54. The lowest BCUT2D eigenvalue weighted by molar-refractivity contribution is -0.149. The average Bonchev–Trinajstić information content (AvgIpc) is 4.01. The molecular formula is C53H81N5O7S. The normalized spacial score (nSPS) is 17.9. The van der Waals surface area contributed by atoms with Crippen LogP contribution in [-0.2, 0) is 41.5 Å². The van der Waals surface area contributed by atoms with E-state index in [4.69, 9.17) is 14.2 Å². The number of hydrogen-bond acceptors (Lipinski definition) is 10. The molecule has 1 aliphatic heterocycles. The second-order valence-electron chi connectivity index (χ2n) is 19.5. The van der Waals surface area contributed by atoms with Crippen LogP contribution in [0.2, 0.25) is 0 Å². The van der Waals surface area contributed by atoms with E-state index in [1.807, 2.05) is 94.4 Å². The molecule has 3 amide bonds. The smallest absolute Gasteiger partial charge is 0.226 e. The van der Waals surface area contributed by atoms with E-state index in [9.17, 15) is 19.2 Å². The van der Waals surface area contributed by atoms with Crippen LogP contribution in [0, 0.1) is 29.6 Å². The van der Waals surface area contributed by atoms with Crippen molar-refractivity contribution in [1.29, 1.82) is 0 Å². The third kappa shape index (κ3) is 14.9. The van der Waals surface area contributed by atoms with Gasteiger partial charge in [-0.15, -0.1) is 11.3 Å². The molecule has 2 aromatic carbocycles. The topological polar surface area (TPSA) is 131 Å². The van der Waals surface area contributed by atoms with Crippen LogP contribution in [0.4, 0.5) is 0 Å². The molecule has 1 aromatic heterocycles. The number of benzene rings is 2. The van der Waals surface area contributed by atoms with Gasteiger partial charge in [0.05, 0.1) is 54.8 Å². The van der Waals surface area contributed by atoms with Gasteiger partial charge in [-0.05, 0) is 87.6 Å². The summed E-state index contributed by atoms with van der Waals surface area (Å²) in [6.45, 7) is 19.4. The summed E-state index contributed by atoms with van der Waals surface area (Å²) in [5.41, 5.74) is 2.26. The quantitative estimate of drug-likeness (QED) is 0.0799. The summed E-state index contributed by atoms with van der Waals surface area (Å²) < 4.78 is 18.1. The van der Waals surface area contributed by atoms with E-state index in [2.05, 4.69) is 55.0 Å². The largest absolute Gasteiger partial charge is 0.491 e. The second kappa shape index (κ2) is 26.4. The number of Topliss-reactive ketones (excluding diaryl/α,β-unsaturated/α-hetero) is 1. The van der Waals surface area contributed by atoms with E-state index < -0.39 is 30.1 Å². The van der Waals surface area contributed by atoms with Gasteiger partial charge < -0.3 is 29.3 Å².